The summed E-state index contributed by atoms with van der Waals surface area (Å²) in [6.45, 7) is 3.63. The fraction of sp³-hybridized carbons (Fsp3) is 0.231. The molecule has 17 heavy (non-hydrogen) atoms. The maximum Gasteiger partial charge on any atom is 0.335 e. The zero-order chi connectivity index (χ0) is 12.7. The minimum Gasteiger partial charge on any atom is -0.463 e. The number of rotatable bonds is 4. The average Bonchev–Trinajstić information content (AvgIpc) is 2.36. The maximum absolute atomic E-state index is 11.6. The summed E-state index contributed by atoms with van der Waals surface area (Å²) < 4.78 is 4.78. The molecule has 0 aliphatic heterocycles. The number of amides is 1. The van der Waals surface area contributed by atoms with Crippen LogP contribution in [0.15, 0.2) is 42.1 Å². The van der Waals surface area contributed by atoms with Crippen molar-refractivity contribution in [1.82, 2.24) is 5.32 Å². The summed E-state index contributed by atoms with van der Waals surface area (Å²) in [4.78, 5) is 22.9. The molecule has 1 aromatic rings. The summed E-state index contributed by atoms with van der Waals surface area (Å²) in [5.41, 5.74) is 0.900. The average molecular weight is 233 g/mol. The second kappa shape index (κ2) is 6.48. The first-order chi connectivity index (χ1) is 8.15. The first kappa shape index (κ1) is 13.0. The van der Waals surface area contributed by atoms with E-state index in [9.17, 15) is 9.59 Å². The molecule has 4 nitrogen and oxygen atoms in total. The molecule has 1 amide bonds. The van der Waals surface area contributed by atoms with E-state index in [2.05, 4.69) is 5.32 Å². The third-order valence-electron chi connectivity index (χ3n) is 2.05. The molecule has 90 valence electrons. The topological polar surface area (TPSA) is 55.4 Å². The second-order valence-electron chi connectivity index (χ2n) is 3.39. The number of esters is 1. The van der Waals surface area contributed by atoms with Crippen LogP contribution in [0.4, 0.5) is 0 Å². The number of nitrogens with one attached hydrogen (secondary N) is 1. The number of benzene rings is 1. The Balaban J connectivity index is 2.59. The number of carbonyl (C=O) groups is 2. The Morgan fingerprint density at radius 1 is 1.29 bits per heavy atom. The fourth-order valence-corrected chi connectivity index (χ4v) is 1.15. The zero-order valence-electron chi connectivity index (χ0n) is 9.90. The van der Waals surface area contributed by atoms with Crippen molar-refractivity contribution < 1.29 is 14.3 Å². The number of hydrogen-bond acceptors (Lipinski definition) is 3. The van der Waals surface area contributed by atoms with Gasteiger partial charge in [-0.3, -0.25) is 4.79 Å². The van der Waals surface area contributed by atoms with E-state index in [0.29, 0.717) is 17.7 Å². The van der Waals surface area contributed by atoms with Gasteiger partial charge in [0.05, 0.1) is 12.2 Å². The summed E-state index contributed by atoms with van der Waals surface area (Å²) in [5.74, 6) is -0.685. The number of carbonyl (C=O) groups excluding carboxylic acids is 2. The summed E-state index contributed by atoms with van der Waals surface area (Å²) in [6.07, 6.45) is 1.35. The van der Waals surface area contributed by atoms with Gasteiger partial charge < -0.3 is 10.1 Å². The van der Waals surface area contributed by atoms with Gasteiger partial charge in [0.25, 0.3) is 5.91 Å². The Morgan fingerprint density at radius 3 is 2.53 bits per heavy atom. The lowest BCUT2D eigenvalue weighted by Crippen LogP contribution is -2.19. The molecule has 0 saturated carbocycles. The van der Waals surface area contributed by atoms with Gasteiger partial charge in [-0.05, 0) is 26.0 Å². The first-order valence-electron chi connectivity index (χ1n) is 5.35. The molecule has 0 atom stereocenters. The molecule has 0 heterocycles. The number of ether oxygens (including phenoxy) is 1. The highest BCUT2D eigenvalue weighted by Crippen LogP contribution is 1.99. The first-order valence-corrected chi connectivity index (χ1v) is 5.35. The Kier molecular flexibility index (Phi) is 4.94. The molecule has 0 radical (unpaired) electrons. The van der Waals surface area contributed by atoms with E-state index in [1.165, 1.54) is 6.20 Å². The van der Waals surface area contributed by atoms with Gasteiger partial charge >= 0.3 is 5.97 Å². The van der Waals surface area contributed by atoms with Crippen molar-refractivity contribution in [2.75, 3.05) is 6.61 Å². The Labute approximate surface area is 100 Å². The van der Waals surface area contributed by atoms with Crippen LogP contribution in [0, 0.1) is 0 Å². The zero-order valence-corrected chi connectivity index (χ0v) is 9.90. The van der Waals surface area contributed by atoms with Crippen molar-refractivity contribution in [1.29, 1.82) is 0 Å². The standard InChI is InChI=1S/C13H15NO3/c1-3-17-13(16)10(2)9-14-12(15)11-7-5-4-6-8-11/h4-9H,3H2,1-2H3,(H,14,15)/b10-9+. The lowest BCUT2D eigenvalue weighted by Gasteiger charge is -2.03. The van der Waals surface area contributed by atoms with Crippen LogP contribution in [0.1, 0.15) is 24.2 Å². The summed E-state index contributed by atoms with van der Waals surface area (Å²) in [7, 11) is 0. The minimum atomic E-state index is -0.430. The van der Waals surface area contributed by atoms with Gasteiger partial charge in [-0.1, -0.05) is 18.2 Å². The predicted octanol–water partition coefficient (Wildman–Crippen LogP) is 1.88. The SMILES string of the molecule is CCOC(=O)/C(C)=C/NC(=O)c1ccccc1. The highest BCUT2D eigenvalue weighted by molar-refractivity contribution is 5.96. The smallest absolute Gasteiger partial charge is 0.335 e. The molecule has 0 bridgehead atoms. The van der Waals surface area contributed by atoms with Crippen LogP contribution in [-0.2, 0) is 9.53 Å². The third-order valence-corrected chi connectivity index (χ3v) is 2.05. The van der Waals surface area contributed by atoms with Crippen LogP contribution in [0.25, 0.3) is 0 Å². The molecule has 1 rings (SSSR count). The molecule has 0 aliphatic carbocycles. The minimum absolute atomic E-state index is 0.255. The van der Waals surface area contributed by atoms with E-state index in [1.54, 1.807) is 38.1 Å². The third kappa shape index (κ3) is 4.10. The Bertz CT molecular complexity index is 424. The highest BCUT2D eigenvalue weighted by Gasteiger charge is 2.06. The molecular weight excluding hydrogens is 218 g/mol. The normalized spacial score (nSPS) is 10.8. The lowest BCUT2D eigenvalue weighted by atomic mass is 10.2. The van der Waals surface area contributed by atoms with Crippen molar-refractivity contribution in [2.45, 2.75) is 13.8 Å². The molecule has 0 aromatic heterocycles. The molecule has 4 heteroatoms. The van der Waals surface area contributed by atoms with E-state index < -0.39 is 5.97 Å². The quantitative estimate of drug-likeness (QED) is 0.638. The molecule has 0 aliphatic rings. The summed E-state index contributed by atoms with van der Waals surface area (Å²) >= 11 is 0. The monoisotopic (exact) mass is 233 g/mol. The van der Waals surface area contributed by atoms with Crippen molar-refractivity contribution in [3.8, 4) is 0 Å². The van der Waals surface area contributed by atoms with Gasteiger partial charge in [-0.2, -0.15) is 0 Å². The van der Waals surface area contributed by atoms with Crippen LogP contribution >= 0.6 is 0 Å². The van der Waals surface area contributed by atoms with E-state index in [1.807, 2.05) is 6.07 Å². The molecule has 0 fully saturated rings. The van der Waals surface area contributed by atoms with Crippen molar-refractivity contribution in [3.05, 3.63) is 47.7 Å². The van der Waals surface area contributed by atoms with Crippen LogP contribution in [0.3, 0.4) is 0 Å². The van der Waals surface area contributed by atoms with Crippen molar-refractivity contribution in [3.63, 3.8) is 0 Å². The highest BCUT2D eigenvalue weighted by atomic mass is 16.5. The summed E-state index contributed by atoms with van der Waals surface area (Å²) in [5, 5.41) is 2.54. The van der Waals surface area contributed by atoms with Crippen LogP contribution < -0.4 is 5.32 Å². The van der Waals surface area contributed by atoms with Crippen LogP contribution in [0.5, 0.6) is 0 Å². The second-order valence-corrected chi connectivity index (χ2v) is 3.39. The van der Waals surface area contributed by atoms with Gasteiger partial charge in [0.2, 0.25) is 0 Å². The molecule has 0 unspecified atom stereocenters. The molecule has 1 aromatic carbocycles. The van der Waals surface area contributed by atoms with E-state index >= 15 is 0 Å². The largest absolute Gasteiger partial charge is 0.463 e. The van der Waals surface area contributed by atoms with Gasteiger partial charge in [0.15, 0.2) is 0 Å². The van der Waals surface area contributed by atoms with Gasteiger partial charge in [-0.15, -0.1) is 0 Å². The van der Waals surface area contributed by atoms with Gasteiger partial charge in [0.1, 0.15) is 0 Å². The molecular formula is C13H15NO3. The van der Waals surface area contributed by atoms with Gasteiger partial charge in [-0.25, -0.2) is 4.79 Å². The summed E-state index contributed by atoms with van der Waals surface area (Å²) in [6, 6.07) is 8.77. The number of hydrogen-bond donors (Lipinski definition) is 1. The molecule has 1 N–H and O–H groups in total. The van der Waals surface area contributed by atoms with Crippen LogP contribution in [-0.4, -0.2) is 18.5 Å². The predicted molar refractivity (Wildman–Crippen MR) is 64.3 cm³/mol. The van der Waals surface area contributed by atoms with E-state index in [4.69, 9.17) is 4.74 Å². The van der Waals surface area contributed by atoms with Crippen molar-refractivity contribution >= 4 is 11.9 Å². The Morgan fingerprint density at radius 2 is 1.94 bits per heavy atom. The fourth-order valence-electron chi connectivity index (χ4n) is 1.15. The van der Waals surface area contributed by atoms with Gasteiger partial charge in [0, 0.05) is 11.8 Å². The lowest BCUT2D eigenvalue weighted by molar-refractivity contribution is -0.138. The molecule has 0 saturated heterocycles. The van der Waals surface area contributed by atoms with E-state index in [-0.39, 0.29) is 5.91 Å². The van der Waals surface area contributed by atoms with Crippen molar-refractivity contribution in [2.24, 2.45) is 0 Å². The van der Waals surface area contributed by atoms with Crippen LogP contribution in [0.2, 0.25) is 0 Å². The Hall–Kier alpha value is -2.10. The molecule has 0 spiro atoms. The maximum atomic E-state index is 11.6. The van der Waals surface area contributed by atoms with E-state index in [0.717, 1.165) is 0 Å².